The molecule has 0 atom stereocenters. The number of H-pyrrole nitrogens is 1. The first-order valence-electron chi connectivity index (χ1n) is 15.3. The van der Waals surface area contributed by atoms with Gasteiger partial charge in [0.25, 0.3) is 5.56 Å². The number of oxime groups is 1. The Kier molecular flexibility index (Phi) is 11.1. The Hall–Kier alpha value is -3.78. The summed E-state index contributed by atoms with van der Waals surface area (Å²) in [6.07, 6.45) is 6.47. The van der Waals surface area contributed by atoms with Crippen LogP contribution in [0.5, 0.6) is 5.75 Å². The molecule has 0 saturated carbocycles. The summed E-state index contributed by atoms with van der Waals surface area (Å²) < 4.78 is 36.9. The van der Waals surface area contributed by atoms with Gasteiger partial charge in [0.2, 0.25) is 22.0 Å². The number of ether oxygens (including phenoxy) is 1. The van der Waals surface area contributed by atoms with Crippen LogP contribution < -0.4 is 10.3 Å². The summed E-state index contributed by atoms with van der Waals surface area (Å²) in [5.41, 5.74) is 2.22. The maximum atomic E-state index is 13.8. The molecule has 1 aromatic carbocycles. The molecule has 1 fully saturated rings. The molecule has 2 aromatic heterocycles. The summed E-state index contributed by atoms with van der Waals surface area (Å²) in [5.74, 6) is 0.979. The Bertz CT molecular complexity index is 1660. The van der Waals surface area contributed by atoms with Crippen LogP contribution in [0.15, 0.2) is 33.0 Å². The topological polar surface area (TPSA) is 159 Å². The van der Waals surface area contributed by atoms with Crippen molar-refractivity contribution in [2.45, 2.75) is 77.2 Å². The van der Waals surface area contributed by atoms with Gasteiger partial charge < -0.3 is 19.5 Å². The largest absolute Gasteiger partial charge is 0.493 e. The molecular weight excluding hydrogens is 588 g/mol. The van der Waals surface area contributed by atoms with E-state index in [1.54, 1.807) is 10.6 Å². The Morgan fingerprint density at radius 1 is 1.18 bits per heavy atom. The first-order chi connectivity index (χ1) is 21.2. The van der Waals surface area contributed by atoms with Gasteiger partial charge in [0, 0.05) is 25.2 Å². The van der Waals surface area contributed by atoms with Gasteiger partial charge in [-0.1, -0.05) is 25.4 Å². The van der Waals surface area contributed by atoms with E-state index < -0.39 is 10.0 Å². The molecule has 0 aliphatic carbocycles. The number of aromatic nitrogens is 3. The number of piperidine rings is 1. The van der Waals surface area contributed by atoms with E-state index in [4.69, 9.17) is 14.6 Å². The van der Waals surface area contributed by atoms with Crippen LogP contribution in [0.4, 0.5) is 0 Å². The molecule has 3 aromatic rings. The molecule has 13 nitrogen and oxygen atoms in total. The van der Waals surface area contributed by atoms with Gasteiger partial charge >= 0.3 is 0 Å². The number of rotatable bonds is 15. The average molecular weight is 632 g/mol. The van der Waals surface area contributed by atoms with Crippen LogP contribution in [0.3, 0.4) is 0 Å². The van der Waals surface area contributed by atoms with Crippen molar-refractivity contribution in [1.29, 1.82) is 0 Å². The monoisotopic (exact) mass is 631 g/mol. The second-order valence-electron chi connectivity index (χ2n) is 11.0. The number of hydrogen-bond acceptors (Lipinski definition) is 9. The van der Waals surface area contributed by atoms with Crippen LogP contribution in [-0.4, -0.2) is 77.0 Å². The second-order valence-corrected chi connectivity index (χ2v) is 12.9. The highest BCUT2D eigenvalue weighted by Gasteiger charge is 2.31. The van der Waals surface area contributed by atoms with Crippen molar-refractivity contribution < 1.29 is 28.1 Å². The van der Waals surface area contributed by atoms with Crippen LogP contribution in [0.25, 0.3) is 22.4 Å². The maximum Gasteiger partial charge on any atom is 0.275 e. The third-order valence-corrected chi connectivity index (χ3v) is 9.85. The number of nitrogens with one attached hydrogen (secondary N) is 1. The molecule has 0 unspecified atom stereocenters. The van der Waals surface area contributed by atoms with Crippen LogP contribution in [-0.2, 0) is 27.8 Å². The lowest BCUT2D eigenvalue weighted by atomic mass is 9.93. The van der Waals surface area contributed by atoms with Crippen molar-refractivity contribution in [2.75, 3.05) is 33.4 Å². The van der Waals surface area contributed by atoms with E-state index in [9.17, 15) is 23.3 Å². The summed E-state index contributed by atoms with van der Waals surface area (Å²) >= 11 is 0. The van der Waals surface area contributed by atoms with Gasteiger partial charge in [0.1, 0.15) is 22.6 Å². The Morgan fingerprint density at radius 2 is 1.93 bits per heavy atom. The average Bonchev–Trinajstić information content (AvgIpc) is 3.31. The molecule has 44 heavy (non-hydrogen) atoms. The molecule has 0 spiro atoms. The number of aryl methyl sites for hydroxylation is 2. The Balaban J connectivity index is 1.71. The van der Waals surface area contributed by atoms with Crippen molar-refractivity contribution in [1.82, 2.24) is 18.8 Å². The lowest BCUT2D eigenvalue weighted by molar-refractivity contribution is -0.784. The van der Waals surface area contributed by atoms with E-state index in [0.29, 0.717) is 78.2 Å². The lowest BCUT2D eigenvalue weighted by Crippen LogP contribution is -2.38. The van der Waals surface area contributed by atoms with Crippen molar-refractivity contribution in [3.8, 4) is 17.1 Å². The normalized spacial score (nSPS) is 14.9. The summed E-state index contributed by atoms with van der Waals surface area (Å²) in [4.78, 5) is 37.6. The fourth-order valence-electron chi connectivity index (χ4n) is 5.83. The number of fused-ring (bicyclic) bond motifs is 1. The number of hydrogen-bond donors (Lipinski definition) is 2. The molecule has 1 aliphatic rings. The van der Waals surface area contributed by atoms with Crippen molar-refractivity contribution in [3.05, 3.63) is 44.7 Å². The van der Waals surface area contributed by atoms with Crippen LogP contribution in [0.2, 0.25) is 0 Å². The minimum absolute atomic E-state index is 0.0949. The van der Waals surface area contributed by atoms with E-state index in [-0.39, 0.29) is 16.3 Å². The molecular formula is C30H43N6O7S+. The fourth-order valence-corrected chi connectivity index (χ4v) is 7.33. The SMILES string of the molecule is CCCOc1ccc(S(=O)(=O)N2CCC(CCCO[N+](C)=O)CC2)cc1-c1nc2c(CCC)c(/C=N/O)n(CC)c2c(=O)[nH]1. The molecule has 0 amide bonds. The summed E-state index contributed by atoms with van der Waals surface area (Å²) in [6.45, 7) is 7.87. The number of benzene rings is 1. The first-order valence-corrected chi connectivity index (χ1v) is 16.7. The highest BCUT2D eigenvalue weighted by atomic mass is 32.2. The van der Waals surface area contributed by atoms with Gasteiger partial charge in [-0.05, 0) is 69.6 Å². The zero-order valence-electron chi connectivity index (χ0n) is 25.9. The fraction of sp³-hybridized carbons (Fsp3) is 0.567. The van der Waals surface area contributed by atoms with E-state index >= 15 is 0 Å². The van der Waals surface area contributed by atoms with E-state index in [1.807, 2.05) is 20.8 Å². The highest BCUT2D eigenvalue weighted by molar-refractivity contribution is 7.89. The molecule has 0 bridgehead atoms. The molecule has 0 radical (unpaired) electrons. The quantitative estimate of drug-likeness (QED) is 0.107. The van der Waals surface area contributed by atoms with Crippen LogP contribution in [0, 0.1) is 10.8 Å². The molecule has 3 heterocycles. The van der Waals surface area contributed by atoms with Crippen LogP contribution in [0.1, 0.15) is 70.6 Å². The summed E-state index contributed by atoms with van der Waals surface area (Å²) in [6, 6.07) is 4.69. The molecule has 2 N–H and O–H groups in total. The molecule has 1 aliphatic heterocycles. The summed E-state index contributed by atoms with van der Waals surface area (Å²) in [7, 11) is -2.53. The van der Waals surface area contributed by atoms with Crippen LogP contribution >= 0.6 is 0 Å². The zero-order chi connectivity index (χ0) is 31.9. The third kappa shape index (κ3) is 7.12. The van der Waals surface area contributed by atoms with E-state index in [0.717, 1.165) is 44.1 Å². The van der Waals surface area contributed by atoms with Crippen molar-refractivity contribution >= 4 is 27.3 Å². The van der Waals surface area contributed by atoms with E-state index in [2.05, 4.69) is 10.1 Å². The Morgan fingerprint density at radius 3 is 2.57 bits per heavy atom. The smallest absolute Gasteiger partial charge is 0.275 e. The van der Waals surface area contributed by atoms with E-state index in [1.165, 1.54) is 29.7 Å². The second kappa shape index (κ2) is 14.8. The van der Waals surface area contributed by atoms with Crippen molar-refractivity contribution in [2.24, 2.45) is 11.1 Å². The number of aromatic amines is 1. The van der Waals surface area contributed by atoms with Gasteiger partial charge in [0.15, 0.2) is 6.61 Å². The minimum Gasteiger partial charge on any atom is -0.493 e. The maximum absolute atomic E-state index is 13.8. The first kappa shape index (κ1) is 33.1. The number of nitrogens with zero attached hydrogens (tertiary/aromatic N) is 5. The predicted octanol–water partition coefficient (Wildman–Crippen LogP) is 4.48. The lowest BCUT2D eigenvalue weighted by Gasteiger charge is -2.31. The molecule has 240 valence electrons. The predicted molar refractivity (Wildman–Crippen MR) is 167 cm³/mol. The van der Waals surface area contributed by atoms with Gasteiger partial charge in [-0.2, -0.15) is 4.31 Å². The number of sulfonamides is 1. The van der Waals surface area contributed by atoms with Gasteiger partial charge in [-0.25, -0.2) is 18.2 Å². The Labute approximate surface area is 257 Å². The third-order valence-electron chi connectivity index (χ3n) is 7.96. The van der Waals surface area contributed by atoms with Gasteiger partial charge in [-0.15, -0.1) is 0 Å². The van der Waals surface area contributed by atoms with Gasteiger partial charge in [-0.3, -0.25) is 4.79 Å². The van der Waals surface area contributed by atoms with Crippen molar-refractivity contribution in [3.63, 3.8) is 0 Å². The van der Waals surface area contributed by atoms with Gasteiger partial charge in [0.05, 0.1) is 33.9 Å². The standard InChI is InChI=1S/C30H42N6O7S/c1-5-9-23-25(20-31-38)36(7-3)28-27(23)32-29(33-30(28)37)24-19-22(11-12-26(24)42-17-6-2)44(40,41)35-15-13-21(14-16-35)10-8-18-43-34(4)39/h11-12,19-21H,5-10,13-18H2,1-4H3,(H-,32,33,37,38)/p+1. The molecule has 14 heteroatoms. The highest BCUT2D eigenvalue weighted by Crippen LogP contribution is 2.34. The zero-order valence-corrected chi connectivity index (χ0v) is 26.7. The summed E-state index contributed by atoms with van der Waals surface area (Å²) in [5, 5.41) is 12.6. The minimum atomic E-state index is -3.84. The molecule has 1 saturated heterocycles. The molecule has 4 rings (SSSR count).